The molecule has 0 heterocycles. The fraction of sp³-hybridized carbons (Fsp3) is 0.625. The van der Waals surface area contributed by atoms with Crippen LogP contribution in [0.25, 0.3) is 0 Å². The third-order valence-corrected chi connectivity index (χ3v) is 3.61. The Balaban J connectivity index is 2.62. The summed E-state index contributed by atoms with van der Waals surface area (Å²) in [5.74, 6) is 0. The Bertz CT molecular complexity index is 334. The molecule has 18 heavy (non-hydrogen) atoms. The molecular weight excluding hydrogens is 220 g/mol. The molecule has 0 saturated carbocycles. The van der Waals surface area contributed by atoms with Gasteiger partial charge in [0.15, 0.2) is 0 Å². The van der Waals surface area contributed by atoms with Crippen LogP contribution in [0.5, 0.6) is 0 Å². The predicted molar refractivity (Wildman–Crippen MR) is 81.2 cm³/mol. The van der Waals surface area contributed by atoms with E-state index >= 15 is 0 Å². The van der Waals surface area contributed by atoms with Crippen molar-refractivity contribution in [3.8, 4) is 0 Å². The Labute approximate surface area is 112 Å². The monoisotopic (exact) mass is 248 g/mol. The second-order valence-electron chi connectivity index (χ2n) is 5.89. The van der Waals surface area contributed by atoms with Crippen molar-refractivity contribution in [1.29, 1.82) is 0 Å². The van der Waals surface area contributed by atoms with E-state index in [2.05, 4.69) is 75.3 Å². The number of hydrogen-bond donors (Lipinski definition) is 1. The maximum atomic E-state index is 3.57. The fourth-order valence-corrected chi connectivity index (χ4v) is 2.09. The molecule has 0 aliphatic rings. The largest absolute Gasteiger partial charge is 0.374 e. The molecule has 102 valence electrons. The molecule has 0 aliphatic carbocycles. The van der Waals surface area contributed by atoms with Crippen LogP contribution in [0.1, 0.15) is 34.1 Å². The van der Waals surface area contributed by atoms with Crippen molar-refractivity contribution in [3.63, 3.8) is 0 Å². The van der Waals surface area contributed by atoms with Gasteiger partial charge in [0.1, 0.15) is 0 Å². The predicted octanol–water partition coefficient (Wildman–Crippen LogP) is 3.54. The molecule has 1 rings (SSSR count). The molecule has 0 amide bonds. The normalized spacial score (nSPS) is 14.6. The summed E-state index contributed by atoms with van der Waals surface area (Å²) in [5, 5.41) is 3.57. The first-order valence-electron chi connectivity index (χ1n) is 6.96. The number of benzene rings is 1. The number of para-hydroxylation sites is 1. The zero-order valence-corrected chi connectivity index (χ0v) is 12.5. The highest BCUT2D eigenvalue weighted by Crippen LogP contribution is 2.24. The van der Waals surface area contributed by atoms with E-state index in [1.807, 2.05) is 0 Å². The summed E-state index contributed by atoms with van der Waals surface area (Å²) in [4.78, 5) is 2.35. The van der Waals surface area contributed by atoms with Gasteiger partial charge in [-0.15, -0.1) is 0 Å². The Hall–Kier alpha value is -1.02. The number of anilines is 1. The molecule has 0 aliphatic heterocycles. The van der Waals surface area contributed by atoms with Gasteiger partial charge in [-0.1, -0.05) is 45.9 Å². The zero-order chi connectivity index (χ0) is 13.6. The van der Waals surface area contributed by atoms with E-state index in [1.165, 1.54) is 12.1 Å². The van der Waals surface area contributed by atoms with Crippen molar-refractivity contribution in [3.05, 3.63) is 30.3 Å². The van der Waals surface area contributed by atoms with Gasteiger partial charge in [-0.05, 0) is 24.0 Å². The highest BCUT2D eigenvalue weighted by atomic mass is 15.1. The molecule has 0 radical (unpaired) electrons. The van der Waals surface area contributed by atoms with Gasteiger partial charge in [-0.25, -0.2) is 0 Å². The van der Waals surface area contributed by atoms with Crippen LogP contribution in [-0.2, 0) is 0 Å². The van der Waals surface area contributed by atoms with Crippen molar-refractivity contribution < 1.29 is 0 Å². The minimum absolute atomic E-state index is 0.314. The van der Waals surface area contributed by atoms with Crippen LogP contribution >= 0.6 is 0 Å². The summed E-state index contributed by atoms with van der Waals surface area (Å²) in [6.45, 7) is 11.2. The molecule has 0 fully saturated rings. The maximum absolute atomic E-state index is 3.57. The van der Waals surface area contributed by atoms with Gasteiger partial charge < -0.3 is 10.2 Å². The second kappa shape index (κ2) is 6.79. The number of hydrogen-bond acceptors (Lipinski definition) is 2. The number of nitrogens with zero attached hydrogens (tertiary/aromatic N) is 1. The fourth-order valence-electron chi connectivity index (χ4n) is 2.09. The zero-order valence-electron chi connectivity index (χ0n) is 12.5. The van der Waals surface area contributed by atoms with Gasteiger partial charge in [0.25, 0.3) is 0 Å². The third kappa shape index (κ3) is 4.69. The maximum Gasteiger partial charge on any atom is 0.0363 e. The van der Waals surface area contributed by atoms with Crippen LogP contribution in [0.3, 0.4) is 0 Å². The van der Waals surface area contributed by atoms with Crippen LogP contribution in [0.4, 0.5) is 5.69 Å². The van der Waals surface area contributed by atoms with Gasteiger partial charge in [0.05, 0.1) is 0 Å². The lowest BCUT2D eigenvalue weighted by molar-refractivity contribution is 0.290. The van der Waals surface area contributed by atoms with Crippen molar-refractivity contribution in [2.24, 2.45) is 5.41 Å². The van der Waals surface area contributed by atoms with Crippen molar-refractivity contribution in [2.45, 2.75) is 40.2 Å². The lowest BCUT2D eigenvalue weighted by Crippen LogP contribution is -2.42. The summed E-state index contributed by atoms with van der Waals surface area (Å²) in [6, 6.07) is 11.2. The molecule has 2 heteroatoms. The minimum atomic E-state index is 0.314. The number of nitrogens with one attached hydrogen (secondary N) is 1. The summed E-state index contributed by atoms with van der Waals surface area (Å²) >= 11 is 0. The SMILES string of the molecule is CCC(C)(CNC(C)C)CN(C)c1ccccc1. The van der Waals surface area contributed by atoms with Crippen molar-refractivity contribution >= 4 is 5.69 Å². The molecule has 0 bridgehead atoms. The molecule has 0 aromatic heterocycles. The van der Waals surface area contributed by atoms with E-state index in [4.69, 9.17) is 0 Å². The van der Waals surface area contributed by atoms with Gasteiger partial charge in [0, 0.05) is 31.9 Å². The summed E-state index contributed by atoms with van der Waals surface area (Å²) in [6.07, 6.45) is 1.18. The average Bonchev–Trinajstić information content (AvgIpc) is 2.37. The highest BCUT2D eigenvalue weighted by Gasteiger charge is 2.24. The Kier molecular flexibility index (Phi) is 5.67. The average molecular weight is 248 g/mol. The first-order chi connectivity index (χ1) is 8.47. The van der Waals surface area contributed by atoms with Crippen LogP contribution in [0.2, 0.25) is 0 Å². The summed E-state index contributed by atoms with van der Waals surface area (Å²) in [7, 11) is 2.18. The van der Waals surface area contributed by atoms with Crippen LogP contribution in [0, 0.1) is 5.41 Å². The first kappa shape index (κ1) is 15.0. The molecule has 0 saturated heterocycles. The second-order valence-corrected chi connectivity index (χ2v) is 5.89. The van der Waals surface area contributed by atoms with E-state index in [9.17, 15) is 0 Å². The molecule has 1 aromatic carbocycles. The van der Waals surface area contributed by atoms with Crippen LogP contribution in [0.15, 0.2) is 30.3 Å². The standard InChI is InChI=1S/C16H28N2/c1-6-16(4,12-17-14(2)3)13-18(5)15-10-8-7-9-11-15/h7-11,14,17H,6,12-13H2,1-5H3. The van der Waals surface area contributed by atoms with E-state index < -0.39 is 0 Å². The molecule has 1 aromatic rings. The van der Waals surface area contributed by atoms with E-state index in [0.717, 1.165) is 13.1 Å². The Morgan fingerprint density at radius 3 is 2.33 bits per heavy atom. The van der Waals surface area contributed by atoms with E-state index in [0.29, 0.717) is 11.5 Å². The lowest BCUT2D eigenvalue weighted by atomic mass is 9.86. The van der Waals surface area contributed by atoms with E-state index in [-0.39, 0.29) is 0 Å². The van der Waals surface area contributed by atoms with Gasteiger partial charge in [-0.2, -0.15) is 0 Å². The Morgan fingerprint density at radius 2 is 1.83 bits per heavy atom. The van der Waals surface area contributed by atoms with Crippen LogP contribution in [-0.4, -0.2) is 26.2 Å². The van der Waals surface area contributed by atoms with Gasteiger partial charge in [0.2, 0.25) is 0 Å². The summed E-state index contributed by atoms with van der Waals surface area (Å²) in [5.41, 5.74) is 1.61. The Morgan fingerprint density at radius 1 is 1.22 bits per heavy atom. The van der Waals surface area contributed by atoms with Crippen LogP contribution < -0.4 is 10.2 Å². The quantitative estimate of drug-likeness (QED) is 0.794. The molecular formula is C16H28N2. The smallest absolute Gasteiger partial charge is 0.0363 e. The van der Waals surface area contributed by atoms with E-state index in [1.54, 1.807) is 0 Å². The molecule has 2 nitrogen and oxygen atoms in total. The molecule has 0 spiro atoms. The van der Waals surface area contributed by atoms with Crippen molar-refractivity contribution in [2.75, 3.05) is 25.0 Å². The molecule has 1 atom stereocenters. The molecule has 1 N–H and O–H groups in total. The first-order valence-corrected chi connectivity index (χ1v) is 6.96. The summed E-state index contributed by atoms with van der Waals surface area (Å²) < 4.78 is 0. The lowest BCUT2D eigenvalue weighted by Gasteiger charge is -2.35. The highest BCUT2D eigenvalue weighted by molar-refractivity contribution is 5.45. The van der Waals surface area contributed by atoms with Crippen molar-refractivity contribution in [1.82, 2.24) is 5.32 Å². The number of rotatable bonds is 7. The minimum Gasteiger partial charge on any atom is -0.374 e. The topological polar surface area (TPSA) is 15.3 Å². The molecule has 1 unspecified atom stereocenters. The third-order valence-electron chi connectivity index (χ3n) is 3.61. The van der Waals surface area contributed by atoms with Gasteiger partial charge in [-0.3, -0.25) is 0 Å². The van der Waals surface area contributed by atoms with Gasteiger partial charge >= 0.3 is 0 Å².